The fourth-order valence-corrected chi connectivity index (χ4v) is 4.47. The predicted molar refractivity (Wildman–Crippen MR) is 108 cm³/mol. The van der Waals surface area contributed by atoms with Gasteiger partial charge in [0, 0.05) is 36.4 Å². The smallest absolute Gasteiger partial charge is 0.410 e. The third-order valence-corrected chi connectivity index (χ3v) is 6.16. The van der Waals surface area contributed by atoms with Gasteiger partial charge in [-0.05, 0) is 49.9 Å². The molecule has 3 saturated heterocycles. The predicted octanol–water partition coefficient (Wildman–Crippen LogP) is 2.78. The molecule has 8 nitrogen and oxygen atoms in total. The quantitative estimate of drug-likeness (QED) is 0.815. The van der Waals surface area contributed by atoms with Crippen LogP contribution in [0.5, 0.6) is 0 Å². The Hall–Kier alpha value is -2.48. The number of urea groups is 1. The molecule has 3 aliphatic rings. The Kier molecular flexibility index (Phi) is 5.80. The van der Waals surface area contributed by atoms with Crippen molar-refractivity contribution in [3.8, 4) is 0 Å². The van der Waals surface area contributed by atoms with Crippen molar-refractivity contribution in [2.24, 2.45) is 0 Å². The number of cyclic esters (lactones) is 1. The van der Waals surface area contributed by atoms with Crippen LogP contribution in [0, 0.1) is 0 Å². The number of anilines is 1. The highest BCUT2D eigenvalue weighted by Crippen LogP contribution is 2.25. The van der Waals surface area contributed by atoms with Crippen LogP contribution in [0.1, 0.15) is 25.7 Å². The highest BCUT2D eigenvalue weighted by atomic mass is 35.5. The van der Waals surface area contributed by atoms with E-state index in [4.69, 9.17) is 16.3 Å². The number of benzene rings is 1. The lowest BCUT2D eigenvalue weighted by molar-refractivity contribution is -0.136. The number of carbonyl (C=O) groups is 3. The summed E-state index contributed by atoms with van der Waals surface area (Å²) in [6, 6.07) is 6.33. The van der Waals surface area contributed by atoms with E-state index in [9.17, 15) is 14.4 Å². The molecular formula is C20H25ClN4O4. The first-order valence-corrected chi connectivity index (χ1v) is 10.5. The van der Waals surface area contributed by atoms with Gasteiger partial charge in [-0.2, -0.15) is 0 Å². The van der Waals surface area contributed by atoms with Gasteiger partial charge in [-0.15, -0.1) is 0 Å². The summed E-state index contributed by atoms with van der Waals surface area (Å²) in [4.78, 5) is 42.8. The molecule has 9 heteroatoms. The number of carbonyl (C=O) groups excluding carboxylic acids is 3. The van der Waals surface area contributed by atoms with Gasteiger partial charge in [0.15, 0.2) is 0 Å². The minimum atomic E-state index is -0.435. The SMILES string of the molecule is O=C([C@H]1CCCN1C(=O)Nc1ccc(Cl)cc1)N1CCC(N2CCOC2=O)CC1. The average Bonchev–Trinajstić information content (AvgIpc) is 3.38. The van der Waals surface area contributed by atoms with E-state index in [1.54, 1.807) is 34.1 Å². The number of nitrogens with one attached hydrogen (secondary N) is 1. The Morgan fingerprint density at radius 1 is 1.03 bits per heavy atom. The largest absolute Gasteiger partial charge is 0.448 e. The van der Waals surface area contributed by atoms with Gasteiger partial charge >= 0.3 is 12.1 Å². The third kappa shape index (κ3) is 4.27. The molecule has 4 amide bonds. The number of hydrogen-bond acceptors (Lipinski definition) is 4. The van der Waals surface area contributed by atoms with Gasteiger partial charge in [-0.25, -0.2) is 9.59 Å². The van der Waals surface area contributed by atoms with Crippen LogP contribution in [0.3, 0.4) is 0 Å². The van der Waals surface area contributed by atoms with Crippen LogP contribution >= 0.6 is 11.6 Å². The van der Waals surface area contributed by atoms with Crippen molar-refractivity contribution in [1.29, 1.82) is 0 Å². The molecule has 0 bridgehead atoms. The summed E-state index contributed by atoms with van der Waals surface area (Å²) in [5.41, 5.74) is 0.649. The van der Waals surface area contributed by atoms with Gasteiger partial charge in [0.05, 0.1) is 6.54 Å². The minimum Gasteiger partial charge on any atom is -0.448 e. The van der Waals surface area contributed by atoms with E-state index >= 15 is 0 Å². The summed E-state index contributed by atoms with van der Waals surface area (Å²) < 4.78 is 5.02. The molecule has 0 radical (unpaired) electrons. The highest BCUT2D eigenvalue weighted by Gasteiger charge is 2.39. The van der Waals surface area contributed by atoms with E-state index in [1.165, 1.54) is 0 Å². The zero-order valence-electron chi connectivity index (χ0n) is 16.2. The zero-order valence-corrected chi connectivity index (χ0v) is 16.9. The summed E-state index contributed by atoms with van der Waals surface area (Å²) in [6.45, 7) is 2.81. The normalized spacial score (nSPS) is 22.7. The summed E-state index contributed by atoms with van der Waals surface area (Å²) in [7, 11) is 0. The van der Waals surface area contributed by atoms with E-state index in [1.807, 2.05) is 4.90 Å². The second-order valence-electron chi connectivity index (χ2n) is 7.65. The molecule has 1 aromatic carbocycles. The van der Waals surface area contributed by atoms with Crippen molar-refractivity contribution >= 4 is 35.3 Å². The fraction of sp³-hybridized carbons (Fsp3) is 0.550. The van der Waals surface area contributed by atoms with Crippen LogP contribution in [0.2, 0.25) is 5.02 Å². The van der Waals surface area contributed by atoms with Crippen LogP contribution in [-0.2, 0) is 9.53 Å². The molecular weight excluding hydrogens is 396 g/mol. The Labute approximate surface area is 174 Å². The molecule has 156 valence electrons. The average molecular weight is 421 g/mol. The van der Waals surface area contributed by atoms with E-state index in [0.29, 0.717) is 49.9 Å². The second-order valence-corrected chi connectivity index (χ2v) is 8.09. The molecule has 0 aromatic heterocycles. The lowest BCUT2D eigenvalue weighted by Crippen LogP contribution is -2.53. The molecule has 0 spiro atoms. The maximum atomic E-state index is 13.1. The summed E-state index contributed by atoms with van der Waals surface area (Å²) in [5.74, 6) is -0.00351. The standard InChI is InChI=1S/C20H25ClN4O4/c21-14-3-5-15(6-4-14)22-19(27)25-9-1-2-17(25)18(26)23-10-7-16(8-11-23)24-12-13-29-20(24)28/h3-6,16-17H,1-2,7-13H2,(H,22,27)/t17-/m1/s1. The molecule has 0 unspecified atom stereocenters. The lowest BCUT2D eigenvalue weighted by atomic mass is 10.0. The highest BCUT2D eigenvalue weighted by molar-refractivity contribution is 6.30. The fourth-order valence-electron chi connectivity index (χ4n) is 4.34. The maximum Gasteiger partial charge on any atom is 0.410 e. The van der Waals surface area contributed by atoms with E-state index < -0.39 is 6.04 Å². The molecule has 0 saturated carbocycles. The van der Waals surface area contributed by atoms with Crippen molar-refractivity contribution in [2.45, 2.75) is 37.8 Å². The molecule has 3 heterocycles. The molecule has 1 aromatic rings. The van der Waals surface area contributed by atoms with Gasteiger partial charge in [0.25, 0.3) is 0 Å². The zero-order chi connectivity index (χ0) is 20.4. The van der Waals surface area contributed by atoms with Gasteiger partial charge in [0.1, 0.15) is 12.6 Å². The second kappa shape index (κ2) is 8.49. The monoisotopic (exact) mass is 420 g/mol. The Bertz CT molecular complexity index is 779. The first-order chi connectivity index (χ1) is 14.0. The Balaban J connectivity index is 1.33. The van der Waals surface area contributed by atoms with Gasteiger partial charge < -0.3 is 24.8 Å². The van der Waals surface area contributed by atoms with E-state index in [-0.39, 0.29) is 24.1 Å². The third-order valence-electron chi connectivity index (χ3n) is 5.90. The van der Waals surface area contributed by atoms with Gasteiger partial charge in [-0.3, -0.25) is 4.79 Å². The van der Waals surface area contributed by atoms with Crippen molar-refractivity contribution < 1.29 is 19.1 Å². The number of amides is 4. The number of likely N-dealkylation sites (tertiary alicyclic amines) is 2. The number of piperidine rings is 1. The summed E-state index contributed by atoms with van der Waals surface area (Å²) in [5, 5.41) is 3.45. The van der Waals surface area contributed by atoms with Crippen molar-refractivity contribution in [3.05, 3.63) is 29.3 Å². The summed E-state index contributed by atoms with van der Waals surface area (Å²) in [6.07, 6.45) is 2.71. The van der Waals surface area contributed by atoms with Crippen LogP contribution in [0.25, 0.3) is 0 Å². The first-order valence-electron chi connectivity index (χ1n) is 10.1. The van der Waals surface area contributed by atoms with Crippen LogP contribution in [0.4, 0.5) is 15.3 Å². The van der Waals surface area contributed by atoms with Gasteiger partial charge in [0.2, 0.25) is 5.91 Å². The molecule has 0 aliphatic carbocycles. The van der Waals surface area contributed by atoms with E-state index in [2.05, 4.69) is 5.32 Å². The van der Waals surface area contributed by atoms with Crippen molar-refractivity contribution in [3.63, 3.8) is 0 Å². The molecule has 1 N–H and O–H groups in total. The Morgan fingerprint density at radius 2 is 1.76 bits per heavy atom. The van der Waals surface area contributed by atoms with Crippen LogP contribution < -0.4 is 5.32 Å². The number of halogens is 1. The van der Waals surface area contributed by atoms with Crippen LogP contribution in [0.15, 0.2) is 24.3 Å². The molecule has 3 aliphatic heterocycles. The van der Waals surface area contributed by atoms with Crippen molar-refractivity contribution in [2.75, 3.05) is 38.1 Å². The van der Waals surface area contributed by atoms with Crippen molar-refractivity contribution in [1.82, 2.24) is 14.7 Å². The number of rotatable bonds is 3. The van der Waals surface area contributed by atoms with Crippen LogP contribution in [-0.4, -0.2) is 77.6 Å². The number of nitrogens with zero attached hydrogens (tertiary/aromatic N) is 3. The Morgan fingerprint density at radius 3 is 2.41 bits per heavy atom. The van der Waals surface area contributed by atoms with E-state index in [0.717, 1.165) is 19.3 Å². The van der Waals surface area contributed by atoms with Gasteiger partial charge in [-0.1, -0.05) is 11.6 Å². The maximum absolute atomic E-state index is 13.1. The number of hydrogen-bond donors (Lipinski definition) is 1. The molecule has 3 fully saturated rings. The topological polar surface area (TPSA) is 82.2 Å². The summed E-state index contributed by atoms with van der Waals surface area (Å²) >= 11 is 5.88. The minimum absolute atomic E-state index is 0.00351. The molecule has 4 rings (SSSR count). The lowest BCUT2D eigenvalue weighted by Gasteiger charge is -2.37. The molecule has 29 heavy (non-hydrogen) atoms. The molecule has 1 atom stereocenters. The first kappa shape index (κ1) is 19.8. The number of ether oxygens (including phenoxy) is 1.